The summed E-state index contributed by atoms with van der Waals surface area (Å²) in [6.07, 6.45) is 1.82. The molecule has 0 amide bonds. The van der Waals surface area contributed by atoms with Crippen molar-refractivity contribution < 1.29 is 4.74 Å². The van der Waals surface area contributed by atoms with Gasteiger partial charge in [-0.3, -0.25) is 0 Å². The molecule has 2 rings (SSSR count). The predicted molar refractivity (Wildman–Crippen MR) is 92.3 cm³/mol. The monoisotopic (exact) mass is 462 g/mol. The van der Waals surface area contributed by atoms with Crippen LogP contribution in [0.25, 0.3) is 0 Å². The molecule has 2 aromatic rings. The highest BCUT2D eigenvalue weighted by atomic mass is 79.9. The molecule has 0 radical (unpaired) electrons. The van der Waals surface area contributed by atoms with Gasteiger partial charge in [0.15, 0.2) is 0 Å². The highest BCUT2D eigenvalue weighted by Crippen LogP contribution is 2.36. The SMILES string of the molecule is CCNc1ccc(COc2c(Br)cc(Br)cc2Br)cn1. The van der Waals surface area contributed by atoms with Crippen LogP contribution in [0.2, 0.25) is 0 Å². The van der Waals surface area contributed by atoms with Crippen molar-refractivity contribution in [3.05, 3.63) is 49.4 Å². The maximum absolute atomic E-state index is 5.83. The molecule has 20 heavy (non-hydrogen) atoms. The van der Waals surface area contributed by atoms with Crippen molar-refractivity contribution in [1.82, 2.24) is 4.98 Å². The van der Waals surface area contributed by atoms with Gasteiger partial charge in [-0.2, -0.15) is 0 Å². The number of hydrogen-bond donors (Lipinski definition) is 1. The van der Waals surface area contributed by atoms with E-state index in [1.807, 2.05) is 37.4 Å². The molecule has 0 saturated heterocycles. The Hall–Kier alpha value is -0.590. The summed E-state index contributed by atoms with van der Waals surface area (Å²) in [6.45, 7) is 3.38. The number of nitrogens with zero attached hydrogens (tertiary/aromatic N) is 1. The summed E-state index contributed by atoms with van der Waals surface area (Å²) >= 11 is 10.4. The van der Waals surface area contributed by atoms with Crippen molar-refractivity contribution in [3.8, 4) is 5.75 Å². The van der Waals surface area contributed by atoms with E-state index in [0.717, 1.165) is 37.1 Å². The van der Waals surface area contributed by atoms with E-state index in [4.69, 9.17) is 4.74 Å². The van der Waals surface area contributed by atoms with Gasteiger partial charge in [0.05, 0.1) is 8.95 Å². The van der Waals surface area contributed by atoms with Crippen LogP contribution in [0.5, 0.6) is 5.75 Å². The quantitative estimate of drug-likeness (QED) is 0.645. The van der Waals surface area contributed by atoms with Gasteiger partial charge in [-0.1, -0.05) is 22.0 Å². The molecule has 6 heteroatoms. The summed E-state index contributed by atoms with van der Waals surface area (Å²) in [5, 5.41) is 3.16. The number of ether oxygens (including phenoxy) is 1. The Labute approximate surface area is 143 Å². The molecule has 1 N–H and O–H groups in total. The van der Waals surface area contributed by atoms with E-state index in [-0.39, 0.29) is 0 Å². The molecular weight excluding hydrogens is 452 g/mol. The molecule has 1 aromatic heterocycles. The van der Waals surface area contributed by atoms with E-state index in [0.29, 0.717) is 6.61 Å². The zero-order valence-electron chi connectivity index (χ0n) is 10.8. The number of nitrogens with one attached hydrogen (secondary N) is 1. The molecule has 106 valence electrons. The van der Waals surface area contributed by atoms with E-state index < -0.39 is 0 Å². The first-order valence-corrected chi connectivity index (χ1v) is 8.44. The number of halogens is 3. The molecular formula is C14H13Br3N2O. The fourth-order valence-corrected chi connectivity index (χ4v) is 4.11. The number of benzene rings is 1. The highest BCUT2D eigenvalue weighted by molar-refractivity contribution is 9.11. The van der Waals surface area contributed by atoms with Crippen molar-refractivity contribution in [2.24, 2.45) is 0 Å². The Kier molecular flexibility index (Phi) is 5.86. The maximum Gasteiger partial charge on any atom is 0.148 e. The molecule has 1 aromatic carbocycles. The molecule has 0 atom stereocenters. The third kappa shape index (κ3) is 4.20. The molecule has 3 nitrogen and oxygen atoms in total. The third-order valence-corrected chi connectivity index (χ3v) is 4.16. The van der Waals surface area contributed by atoms with Crippen LogP contribution in [-0.2, 0) is 6.61 Å². The largest absolute Gasteiger partial charge is 0.486 e. The standard InChI is InChI=1S/C14H13Br3N2O/c1-2-18-13-4-3-9(7-19-13)8-20-14-11(16)5-10(15)6-12(14)17/h3-7H,2,8H2,1H3,(H,18,19). The zero-order valence-corrected chi connectivity index (χ0v) is 15.5. The average molecular weight is 465 g/mol. The first-order chi connectivity index (χ1) is 9.60. The Morgan fingerprint density at radius 1 is 1.15 bits per heavy atom. The van der Waals surface area contributed by atoms with Crippen molar-refractivity contribution in [1.29, 1.82) is 0 Å². The smallest absolute Gasteiger partial charge is 0.148 e. The van der Waals surface area contributed by atoms with E-state index in [1.165, 1.54) is 0 Å². The van der Waals surface area contributed by atoms with E-state index in [1.54, 1.807) is 0 Å². The van der Waals surface area contributed by atoms with Gasteiger partial charge in [-0.15, -0.1) is 0 Å². The molecule has 0 fully saturated rings. The molecule has 0 aliphatic rings. The van der Waals surface area contributed by atoms with Crippen LogP contribution in [-0.4, -0.2) is 11.5 Å². The summed E-state index contributed by atoms with van der Waals surface area (Å²) < 4.78 is 8.62. The van der Waals surface area contributed by atoms with Crippen LogP contribution < -0.4 is 10.1 Å². The molecule has 0 aliphatic heterocycles. The zero-order chi connectivity index (χ0) is 14.5. The molecule has 0 bridgehead atoms. The topological polar surface area (TPSA) is 34.1 Å². The summed E-state index contributed by atoms with van der Waals surface area (Å²) in [5.41, 5.74) is 1.02. The lowest BCUT2D eigenvalue weighted by atomic mass is 10.3. The normalized spacial score (nSPS) is 10.4. The Morgan fingerprint density at radius 3 is 2.40 bits per heavy atom. The average Bonchev–Trinajstić information content (AvgIpc) is 2.39. The number of pyridine rings is 1. The molecule has 0 aliphatic carbocycles. The van der Waals surface area contributed by atoms with Gasteiger partial charge in [0.1, 0.15) is 18.2 Å². The molecule has 0 spiro atoms. The Morgan fingerprint density at radius 2 is 1.85 bits per heavy atom. The van der Waals surface area contributed by atoms with Crippen LogP contribution in [0, 0.1) is 0 Å². The van der Waals surface area contributed by atoms with Crippen molar-refractivity contribution >= 4 is 53.6 Å². The second kappa shape index (κ2) is 7.43. The van der Waals surface area contributed by atoms with E-state index in [9.17, 15) is 0 Å². The van der Waals surface area contributed by atoms with Gasteiger partial charge < -0.3 is 10.1 Å². The van der Waals surface area contributed by atoms with Gasteiger partial charge >= 0.3 is 0 Å². The second-order valence-electron chi connectivity index (χ2n) is 4.07. The van der Waals surface area contributed by atoms with Crippen LogP contribution in [0.1, 0.15) is 12.5 Å². The van der Waals surface area contributed by atoms with Gasteiger partial charge in [-0.05, 0) is 57.0 Å². The maximum atomic E-state index is 5.83. The number of rotatable bonds is 5. The molecule has 0 saturated carbocycles. The van der Waals surface area contributed by atoms with E-state index in [2.05, 4.69) is 58.1 Å². The van der Waals surface area contributed by atoms with Crippen LogP contribution in [0.4, 0.5) is 5.82 Å². The summed E-state index contributed by atoms with van der Waals surface area (Å²) in [4.78, 5) is 4.32. The predicted octanol–water partition coefficient (Wildman–Crippen LogP) is 5.38. The summed E-state index contributed by atoms with van der Waals surface area (Å²) in [6, 6.07) is 7.86. The van der Waals surface area contributed by atoms with Gasteiger partial charge in [-0.25, -0.2) is 4.98 Å². The minimum atomic E-state index is 0.470. The van der Waals surface area contributed by atoms with Gasteiger partial charge in [0.2, 0.25) is 0 Å². The first kappa shape index (κ1) is 15.8. The lowest BCUT2D eigenvalue weighted by Gasteiger charge is -2.11. The number of hydrogen-bond acceptors (Lipinski definition) is 3. The summed E-state index contributed by atoms with van der Waals surface area (Å²) in [5.74, 6) is 1.66. The summed E-state index contributed by atoms with van der Waals surface area (Å²) in [7, 11) is 0. The Bertz CT molecular complexity index is 564. The fourth-order valence-electron chi connectivity index (χ4n) is 1.62. The van der Waals surface area contributed by atoms with Crippen LogP contribution in [0.3, 0.4) is 0 Å². The van der Waals surface area contributed by atoms with E-state index >= 15 is 0 Å². The van der Waals surface area contributed by atoms with Crippen molar-refractivity contribution in [3.63, 3.8) is 0 Å². The lowest BCUT2D eigenvalue weighted by molar-refractivity contribution is 0.302. The first-order valence-electron chi connectivity index (χ1n) is 6.06. The molecule has 0 unspecified atom stereocenters. The Balaban J connectivity index is 2.05. The number of aromatic nitrogens is 1. The van der Waals surface area contributed by atoms with Crippen molar-refractivity contribution in [2.75, 3.05) is 11.9 Å². The minimum Gasteiger partial charge on any atom is -0.486 e. The van der Waals surface area contributed by atoms with Gasteiger partial charge in [0.25, 0.3) is 0 Å². The van der Waals surface area contributed by atoms with Crippen LogP contribution >= 0.6 is 47.8 Å². The second-order valence-corrected chi connectivity index (χ2v) is 6.69. The third-order valence-electron chi connectivity index (χ3n) is 2.53. The molecule has 1 heterocycles. The fraction of sp³-hybridized carbons (Fsp3) is 0.214. The lowest BCUT2D eigenvalue weighted by Crippen LogP contribution is -2.01. The van der Waals surface area contributed by atoms with Crippen LogP contribution in [0.15, 0.2) is 43.9 Å². The van der Waals surface area contributed by atoms with Gasteiger partial charge in [0, 0.05) is 22.8 Å². The minimum absolute atomic E-state index is 0.470. The van der Waals surface area contributed by atoms with Crippen molar-refractivity contribution in [2.45, 2.75) is 13.5 Å². The highest BCUT2D eigenvalue weighted by Gasteiger charge is 2.08. The number of anilines is 1.